The summed E-state index contributed by atoms with van der Waals surface area (Å²) >= 11 is 5.76. The maximum atomic E-state index is 5.76. The molecular formula is C11H23ClO. The summed E-state index contributed by atoms with van der Waals surface area (Å²) in [6.07, 6.45) is 3.17. The summed E-state index contributed by atoms with van der Waals surface area (Å²) in [7, 11) is 1.79. The molecule has 0 heterocycles. The van der Waals surface area contributed by atoms with Gasteiger partial charge in [0, 0.05) is 13.0 Å². The fraction of sp³-hybridized carbons (Fsp3) is 1.00. The molecule has 0 aromatic rings. The molecule has 1 atom stereocenters. The zero-order chi connectivity index (χ0) is 10.5. The van der Waals surface area contributed by atoms with Crippen molar-refractivity contribution in [2.75, 3.05) is 13.0 Å². The van der Waals surface area contributed by atoms with Crippen LogP contribution in [0.5, 0.6) is 0 Å². The third-order valence-corrected chi connectivity index (χ3v) is 3.05. The van der Waals surface area contributed by atoms with Crippen molar-refractivity contribution in [3.8, 4) is 0 Å². The summed E-state index contributed by atoms with van der Waals surface area (Å²) in [6.45, 7) is 8.84. The van der Waals surface area contributed by atoms with Crippen LogP contribution in [0, 0.1) is 5.41 Å². The minimum atomic E-state index is 0.00948. The second-order valence-electron chi connectivity index (χ2n) is 4.79. The number of hydrogen-bond acceptors (Lipinski definition) is 1. The molecule has 0 saturated heterocycles. The van der Waals surface area contributed by atoms with E-state index in [2.05, 4.69) is 27.7 Å². The largest absolute Gasteiger partial charge is 0.379 e. The number of ether oxygens (including phenoxy) is 1. The van der Waals surface area contributed by atoms with Gasteiger partial charge in [-0.3, -0.25) is 0 Å². The Morgan fingerprint density at radius 3 is 2.08 bits per heavy atom. The van der Waals surface area contributed by atoms with E-state index < -0.39 is 0 Å². The summed E-state index contributed by atoms with van der Waals surface area (Å²) in [5.41, 5.74) is 0.290. The van der Waals surface area contributed by atoms with E-state index in [9.17, 15) is 0 Å². The first-order valence-electron chi connectivity index (χ1n) is 5.00. The lowest BCUT2D eigenvalue weighted by molar-refractivity contribution is -0.0314. The predicted octanol–water partition coefficient (Wildman–Crippen LogP) is 3.85. The molecule has 13 heavy (non-hydrogen) atoms. The van der Waals surface area contributed by atoms with Gasteiger partial charge in [-0.25, -0.2) is 0 Å². The van der Waals surface area contributed by atoms with Gasteiger partial charge in [0.25, 0.3) is 0 Å². The van der Waals surface area contributed by atoms with Crippen LogP contribution in [0.15, 0.2) is 0 Å². The van der Waals surface area contributed by atoms with E-state index in [1.54, 1.807) is 7.11 Å². The maximum absolute atomic E-state index is 5.76. The van der Waals surface area contributed by atoms with Crippen LogP contribution >= 0.6 is 11.6 Å². The van der Waals surface area contributed by atoms with Crippen LogP contribution in [-0.2, 0) is 4.74 Å². The molecule has 0 amide bonds. The van der Waals surface area contributed by atoms with E-state index in [-0.39, 0.29) is 11.0 Å². The minimum absolute atomic E-state index is 0.00948. The first-order chi connectivity index (χ1) is 5.89. The minimum Gasteiger partial charge on any atom is -0.379 e. The number of methoxy groups -OCH3 is 1. The van der Waals surface area contributed by atoms with Crippen LogP contribution in [0.1, 0.15) is 47.0 Å². The summed E-state index contributed by atoms with van der Waals surface area (Å²) in [4.78, 5) is 0. The van der Waals surface area contributed by atoms with Crippen molar-refractivity contribution in [2.24, 2.45) is 5.41 Å². The molecule has 1 unspecified atom stereocenters. The quantitative estimate of drug-likeness (QED) is 0.600. The van der Waals surface area contributed by atoms with Gasteiger partial charge in [-0.05, 0) is 31.6 Å². The molecule has 0 radical (unpaired) electrons. The van der Waals surface area contributed by atoms with E-state index in [4.69, 9.17) is 16.3 Å². The Hall–Kier alpha value is 0.250. The van der Waals surface area contributed by atoms with Crippen molar-refractivity contribution in [1.82, 2.24) is 0 Å². The van der Waals surface area contributed by atoms with Crippen molar-refractivity contribution in [3.05, 3.63) is 0 Å². The average molecular weight is 207 g/mol. The van der Waals surface area contributed by atoms with Crippen molar-refractivity contribution < 1.29 is 4.74 Å². The molecule has 0 aromatic carbocycles. The fourth-order valence-corrected chi connectivity index (χ4v) is 2.21. The van der Waals surface area contributed by atoms with E-state index in [0.717, 1.165) is 25.1 Å². The second kappa shape index (κ2) is 5.21. The Balaban J connectivity index is 4.21. The van der Waals surface area contributed by atoms with Crippen molar-refractivity contribution in [1.29, 1.82) is 0 Å². The van der Waals surface area contributed by atoms with E-state index in [0.29, 0.717) is 0 Å². The zero-order valence-electron chi connectivity index (χ0n) is 9.61. The van der Waals surface area contributed by atoms with Crippen LogP contribution in [0.4, 0.5) is 0 Å². The Morgan fingerprint density at radius 2 is 1.77 bits per heavy atom. The molecule has 0 saturated carbocycles. The Kier molecular flexibility index (Phi) is 5.31. The summed E-state index contributed by atoms with van der Waals surface area (Å²) in [6, 6.07) is 0. The fourth-order valence-electron chi connectivity index (χ4n) is 1.70. The van der Waals surface area contributed by atoms with Gasteiger partial charge < -0.3 is 4.74 Å². The highest BCUT2D eigenvalue weighted by Crippen LogP contribution is 2.34. The molecule has 0 fully saturated rings. The van der Waals surface area contributed by atoms with Gasteiger partial charge in [0.05, 0.1) is 5.60 Å². The molecule has 80 valence electrons. The second-order valence-corrected chi connectivity index (χ2v) is 5.17. The first-order valence-corrected chi connectivity index (χ1v) is 5.54. The molecule has 1 nitrogen and oxygen atoms in total. The third-order valence-electron chi connectivity index (χ3n) is 2.86. The number of halogens is 1. The van der Waals surface area contributed by atoms with Gasteiger partial charge in [0.1, 0.15) is 0 Å². The van der Waals surface area contributed by atoms with Gasteiger partial charge in [-0.2, -0.15) is 0 Å². The highest BCUT2D eigenvalue weighted by molar-refractivity contribution is 6.17. The SMILES string of the molecule is CCC(C)(CC(C)(C)CCCl)OC. The summed E-state index contributed by atoms with van der Waals surface area (Å²) in [5.74, 6) is 0.733. The highest BCUT2D eigenvalue weighted by Gasteiger charge is 2.30. The van der Waals surface area contributed by atoms with Crippen LogP contribution in [0.25, 0.3) is 0 Å². The van der Waals surface area contributed by atoms with Gasteiger partial charge >= 0.3 is 0 Å². The van der Waals surface area contributed by atoms with E-state index >= 15 is 0 Å². The van der Waals surface area contributed by atoms with Gasteiger partial charge in [-0.15, -0.1) is 11.6 Å². The van der Waals surface area contributed by atoms with Crippen LogP contribution in [0.3, 0.4) is 0 Å². The zero-order valence-corrected chi connectivity index (χ0v) is 10.4. The topological polar surface area (TPSA) is 9.23 Å². The Labute approximate surface area is 87.8 Å². The lowest BCUT2D eigenvalue weighted by Crippen LogP contribution is -2.33. The molecule has 0 aliphatic carbocycles. The molecule has 0 aliphatic heterocycles. The molecule has 0 aliphatic rings. The van der Waals surface area contributed by atoms with Gasteiger partial charge in [-0.1, -0.05) is 20.8 Å². The lowest BCUT2D eigenvalue weighted by Gasteiger charge is -2.35. The average Bonchev–Trinajstić information content (AvgIpc) is 2.03. The van der Waals surface area contributed by atoms with Crippen molar-refractivity contribution >= 4 is 11.6 Å². The molecule has 2 heteroatoms. The summed E-state index contributed by atoms with van der Waals surface area (Å²) in [5, 5.41) is 0. The molecular weight excluding hydrogens is 184 g/mol. The number of alkyl halides is 1. The van der Waals surface area contributed by atoms with Crippen molar-refractivity contribution in [3.63, 3.8) is 0 Å². The van der Waals surface area contributed by atoms with E-state index in [1.807, 2.05) is 0 Å². The predicted molar refractivity (Wildman–Crippen MR) is 59.4 cm³/mol. The lowest BCUT2D eigenvalue weighted by atomic mass is 9.78. The smallest absolute Gasteiger partial charge is 0.0653 e. The van der Waals surface area contributed by atoms with Crippen LogP contribution in [0.2, 0.25) is 0 Å². The van der Waals surface area contributed by atoms with Crippen LogP contribution < -0.4 is 0 Å². The van der Waals surface area contributed by atoms with Gasteiger partial charge in [0.15, 0.2) is 0 Å². The Morgan fingerprint density at radius 1 is 1.23 bits per heavy atom. The monoisotopic (exact) mass is 206 g/mol. The number of rotatable bonds is 6. The summed E-state index contributed by atoms with van der Waals surface area (Å²) < 4.78 is 5.53. The highest BCUT2D eigenvalue weighted by atomic mass is 35.5. The molecule has 0 bridgehead atoms. The van der Waals surface area contributed by atoms with Gasteiger partial charge in [0.2, 0.25) is 0 Å². The molecule has 0 N–H and O–H groups in total. The van der Waals surface area contributed by atoms with E-state index in [1.165, 1.54) is 0 Å². The molecule has 0 spiro atoms. The third kappa shape index (κ3) is 4.87. The van der Waals surface area contributed by atoms with Crippen molar-refractivity contribution in [2.45, 2.75) is 52.6 Å². The molecule has 0 aromatic heterocycles. The first kappa shape index (κ1) is 13.2. The number of hydrogen-bond donors (Lipinski definition) is 0. The normalized spacial score (nSPS) is 17.1. The molecule has 0 rings (SSSR count). The maximum Gasteiger partial charge on any atom is 0.0653 e. The Bertz CT molecular complexity index is 139. The standard InChI is InChI=1S/C11H23ClO/c1-6-11(4,13-5)9-10(2,3)7-8-12/h6-9H2,1-5H3. The van der Waals surface area contributed by atoms with Crippen LogP contribution in [-0.4, -0.2) is 18.6 Å².